The Balaban J connectivity index is 3.15. The van der Waals surface area contributed by atoms with Crippen molar-refractivity contribution in [2.45, 2.75) is 51.3 Å². The maximum Gasteiger partial charge on any atom is 0.0359 e. The highest BCUT2D eigenvalue weighted by molar-refractivity contribution is 6.20. The highest BCUT2D eigenvalue weighted by Gasteiger charge is 2.07. The third-order valence-corrected chi connectivity index (χ3v) is 2.75. The first-order chi connectivity index (χ1) is 5.68. The van der Waals surface area contributed by atoms with E-state index in [1.54, 1.807) is 0 Å². The summed E-state index contributed by atoms with van der Waals surface area (Å²) >= 11 is 6.09. The van der Waals surface area contributed by atoms with E-state index < -0.39 is 0 Å². The van der Waals surface area contributed by atoms with Crippen molar-refractivity contribution >= 4 is 11.6 Å². The smallest absolute Gasteiger partial charge is 0.0359 e. The first-order valence-corrected chi connectivity index (χ1v) is 5.19. The fourth-order valence-corrected chi connectivity index (χ4v) is 1.23. The summed E-state index contributed by atoms with van der Waals surface area (Å²) < 4.78 is 0. The highest BCUT2D eigenvalue weighted by Crippen LogP contribution is 2.17. The highest BCUT2D eigenvalue weighted by atomic mass is 35.5. The van der Waals surface area contributed by atoms with Crippen LogP contribution in [0.5, 0.6) is 0 Å². The average molecular weight is 187 g/mol. The maximum absolute atomic E-state index is 6.09. The van der Waals surface area contributed by atoms with Crippen molar-refractivity contribution in [3.8, 4) is 12.3 Å². The summed E-state index contributed by atoms with van der Waals surface area (Å²) in [4.78, 5) is 0. The van der Waals surface area contributed by atoms with E-state index in [1.807, 2.05) is 0 Å². The molecule has 0 aromatic rings. The van der Waals surface area contributed by atoms with Crippen LogP contribution >= 0.6 is 11.6 Å². The fourth-order valence-electron chi connectivity index (χ4n) is 1.08. The molecule has 0 rings (SSSR count). The van der Waals surface area contributed by atoms with Crippen LogP contribution in [0.15, 0.2) is 0 Å². The molecule has 0 saturated carbocycles. The van der Waals surface area contributed by atoms with E-state index in [0.29, 0.717) is 11.3 Å². The van der Waals surface area contributed by atoms with Gasteiger partial charge in [-0.05, 0) is 18.8 Å². The van der Waals surface area contributed by atoms with Gasteiger partial charge in [-0.2, -0.15) is 0 Å². The second-order valence-electron chi connectivity index (χ2n) is 3.56. The zero-order chi connectivity index (χ0) is 9.40. The minimum Gasteiger partial charge on any atom is -0.123 e. The number of hydrogen-bond acceptors (Lipinski definition) is 0. The molecule has 0 saturated heterocycles. The van der Waals surface area contributed by atoms with E-state index in [9.17, 15) is 0 Å². The van der Waals surface area contributed by atoms with Crippen LogP contribution in [-0.4, -0.2) is 5.38 Å². The van der Waals surface area contributed by atoms with E-state index >= 15 is 0 Å². The average Bonchev–Trinajstić information content (AvgIpc) is 2.03. The molecule has 0 heterocycles. The summed E-state index contributed by atoms with van der Waals surface area (Å²) in [5.74, 6) is 3.24. The first kappa shape index (κ1) is 11.8. The topological polar surface area (TPSA) is 0 Å². The number of alkyl halides is 1. The molecule has 12 heavy (non-hydrogen) atoms. The molecule has 0 amide bonds. The molecular formula is C11H19Cl. The number of terminal acetylenes is 1. The lowest BCUT2D eigenvalue weighted by atomic mass is 10.0. The zero-order valence-corrected chi connectivity index (χ0v) is 8.90. The lowest BCUT2D eigenvalue weighted by molar-refractivity contribution is 0.530. The number of halogens is 1. The van der Waals surface area contributed by atoms with Gasteiger partial charge < -0.3 is 0 Å². The van der Waals surface area contributed by atoms with Gasteiger partial charge in [0, 0.05) is 11.8 Å². The Bertz CT molecular complexity index is 132. The maximum atomic E-state index is 6.09. The van der Waals surface area contributed by atoms with Crippen molar-refractivity contribution in [3.63, 3.8) is 0 Å². The van der Waals surface area contributed by atoms with Crippen LogP contribution in [0.2, 0.25) is 0 Å². The van der Waals surface area contributed by atoms with E-state index in [-0.39, 0.29) is 0 Å². The van der Waals surface area contributed by atoms with Crippen LogP contribution in [0.25, 0.3) is 0 Å². The van der Waals surface area contributed by atoms with Crippen LogP contribution in [0.3, 0.4) is 0 Å². The second kappa shape index (κ2) is 7.50. The lowest BCUT2D eigenvalue weighted by Gasteiger charge is -2.12. The molecule has 0 aromatic heterocycles. The molecule has 1 heteroatoms. The predicted octanol–water partition coefficient (Wildman–Crippen LogP) is 3.83. The Hall–Kier alpha value is -0.150. The number of unbranched alkanes of at least 4 members (excludes halogenated alkanes) is 3. The van der Waals surface area contributed by atoms with Crippen molar-refractivity contribution < 1.29 is 0 Å². The normalized spacial score (nSPS) is 12.9. The minimum atomic E-state index is 0.343. The van der Waals surface area contributed by atoms with E-state index in [0.717, 1.165) is 19.3 Å². The predicted molar refractivity (Wildman–Crippen MR) is 56.4 cm³/mol. The zero-order valence-electron chi connectivity index (χ0n) is 8.15. The summed E-state index contributed by atoms with van der Waals surface area (Å²) in [6, 6.07) is 0. The van der Waals surface area contributed by atoms with Crippen LogP contribution in [0.1, 0.15) is 46.0 Å². The van der Waals surface area contributed by atoms with E-state index in [1.165, 1.54) is 12.8 Å². The molecule has 0 radical (unpaired) electrons. The van der Waals surface area contributed by atoms with E-state index in [4.69, 9.17) is 18.0 Å². The molecule has 0 spiro atoms. The standard InChI is InChI=1S/C11H19Cl/c1-4-5-6-7-8-9-11(12)10(2)3/h1,10-11H,5-9H2,2-3H3. The molecule has 0 aliphatic heterocycles. The molecule has 1 unspecified atom stereocenters. The summed E-state index contributed by atoms with van der Waals surface area (Å²) in [5, 5.41) is 0.343. The molecule has 0 fully saturated rings. The quantitative estimate of drug-likeness (QED) is 0.336. The van der Waals surface area contributed by atoms with Crippen molar-refractivity contribution in [3.05, 3.63) is 0 Å². The number of rotatable bonds is 6. The Kier molecular flexibility index (Phi) is 7.40. The Morgan fingerprint density at radius 2 is 1.92 bits per heavy atom. The summed E-state index contributed by atoms with van der Waals surface area (Å²) in [6.45, 7) is 4.33. The van der Waals surface area contributed by atoms with Gasteiger partial charge >= 0.3 is 0 Å². The Morgan fingerprint density at radius 1 is 1.25 bits per heavy atom. The van der Waals surface area contributed by atoms with Crippen molar-refractivity contribution in [1.29, 1.82) is 0 Å². The third kappa shape index (κ3) is 6.55. The van der Waals surface area contributed by atoms with Gasteiger partial charge in [-0.15, -0.1) is 23.9 Å². The Morgan fingerprint density at radius 3 is 2.42 bits per heavy atom. The molecule has 0 N–H and O–H groups in total. The van der Waals surface area contributed by atoms with Gasteiger partial charge in [-0.3, -0.25) is 0 Å². The van der Waals surface area contributed by atoms with Gasteiger partial charge in [0.05, 0.1) is 0 Å². The van der Waals surface area contributed by atoms with Crippen LogP contribution in [0.4, 0.5) is 0 Å². The molecule has 0 aliphatic carbocycles. The molecule has 70 valence electrons. The van der Waals surface area contributed by atoms with E-state index in [2.05, 4.69) is 19.8 Å². The monoisotopic (exact) mass is 186 g/mol. The number of hydrogen-bond donors (Lipinski definition) is 0. The van der Waals surface area contributed by atoms with Gasteiger partial charge in [-0.25, -0.2) is 0 Å². The van der Waals surface area contributed by atoms with Gasteiger partial charge in [0.25, 0.3) is 0 Å². The second-order valence-corrected chi connectivity index (χ2v) is 4.12. The van der Waals surface area contributed by atoms with Crippen LogP contribution in [0, 0.1) is 18.3 Å². The molecular weight excluding hydrogens is 168 g/mol. The fraction of sp³-hybridized carbons (Fsp3) is 0.818. The summed E-state index contributed by atoms with van der Waals surface area (Å²) in [7, 11) is 0. The SMILES string of the molecule is C#CCCCCCC(Cl)C(C)C. The first-order valence-electron chi connectivity index (χ1n) is 4.76. The van der Waals surface area contributed by atoms with Crippen molar-refractivity contribution in [2.24, 2.45) is 5.92 Å². The summed E-state index contributed by atoms with van der Waals surface area (Å²) in [6.07, 6.45) is 10.8. The van der Waals surface area contributed by atoms with Crippen LogP contribution in [-0.2, 0) is 0 Å². The van der Waals surface area contributed by atoms with Gasteiger partial charge in [0.1, 0.15) is 0 Å². The van der Waals surface area contributed by atoms with Crippen molar-refractivity contribution in [2.75, 3.05) is 0 Å². The largest absolute Gasteiger partial charge is 0.123 e. The molecule has 0 bridgehead atoms. The van der Waals surface area contributed by atoms with Crippen molar-refractivity contribution in [1.82, 2.24) is 0 Å². The molecule has 0 aliphatic rings. The van der Waals surface area contributed by atoms with Gasteiger partial charge in [0.15, 0.2) is 0 Å². The Labute approximate surface area is 81.7 Å². The van der Waals surface area contributed by atoms with Crippen LogP contribution < -0.4 is 0 Å². The lowest BCUT2D eigenvalue weighted by Crippen LogP contribution is -2.06. The minimum absolute atomic E-state index is 0.343. The van der Waals surface area contributed by atoms with Gasteiger partial charge in [-0.1, -0.05) is 26.7 Å². The molecule has 1 atom stereocenters. The third-order valence-electron chi connectivity index (χ3n) is 2.02. The molecule has 0 aromatic carbocycles. The molecule has 0 nitrogen and oxygen atoms in total. The summed E-state index contributed by atoms with van der Waals surface area (Å²) in [5.41, 5.74) is 0. The van der Waals surface area contributed by atoms with Gasteiger partial charge in [0.2, 0.25) is 0 Å².